The van der Waals surface area contributed by atoms with Gasteiger partial charge in [-0.1, -0.05) is 18.2 Å². The van der Waals surface area contributed by atoms with Crippen LogP contribution in [0.4, 0.5) is 0 Å². The predicted molar refractivity (Wildman–Crippen MR) is 95.8 cm³/mol. The number of rotatable bonds is 4. The highest BCUT2D eigenvalue weighted by Crippen LogP contribution is 2.29. The van der Waals surface area contributed by atoms with E-state index in [9.17, 15) is 0 Å². The third kappa shape index (κ3) is 2.92. The molecule has 0 amide bonds. The molecule has 124 valence electrons. The van der Waals surface area contributed by atoms with Gasteiger partial charge in [0.15, 0.2) is 0 Å². The fourth-order valence-corrected chi connectivity index (χ4v) is 2.70. The summed E-state index contributed by atoms with van der Waals surface area (Å²) in [5, 5.41) is 10.5. The van der Waals surface area contributed by atoms with Crippen molar-refractivity contribution < 1.29 is 13.9 Å². The lowest BCUT2D eigenvalue weighted by Crippen LogP contribution is -1.83. The van der Waals surface area contributed by atoms with Gasteiger partial charge in [-0.05, 0) is 53.2 Å². The minimum atomic E-state index is 0.462. The van der Waals surface area contributed by atoms with E-state index in [1.165, 1.54) is 0 Å². The van der Waals surface area contributed by atoms with E-state index in [4.69, 9.17) is 13.9 Å². The molecule has 4 aromatic rings. The Morgan fingerprint density at radius 3 is 2.08 bits per heavy atom. The molecule has 0 N–H and O–H groups in total. The van der Waals surface area contributed by atoms with E-state index in [1.54, 1.807) is 14.2 Å². The van der Waals surface area contributed by atoms with Crippen LogP contribution in [0, 0.1) is 0 Å². The molecule has 1 aromatic heterocycles. The van der Waals surface area contributed by atoms with Crippen LogP contribution in [0.1, 0.15) is 0 Å². The Morgan fingerprint density at radius 2 is 1.32 bits per heavy atom. The maximum Gasteiger partial charge on any atom is 0.248 e. The van der Waals surface area contributed by atoms with Crippen molar-refractivity contribution in [2.45, 2.75) is 0 Å². The second-order valence-corrected chi connectivity index (χ2v) is 5.57. The fourth-order valence-electron chi connectivity index (χ4n) is 2.70. The Bertz CT molecular complexity index is 1040. The van der Waals surface area contributed by atoms with Crippen molar-refractivity contribution in [1.82, 2.24) is 10.2 Å². The zero-order valence-corrected chi connectivity index (χ0v) is 13.9. The third-order valence-corrected chi connectivity index (χ3v) is 4.04. The molecule has 0 atom stereocenters. The minimum absolute atomic E-state index is 0.462. The average molecular weight is 332 g/mol. The molecule has 0 fully saturated rings. The molecule has 0 saturated heterocycles. The Kier molecular flexibility index (Phi) is 3.82. The predicted octanol–water partition coefficient (Wildman–Crippen LogP) is 4.57. The van der Waals surface area contributed by atoms with Gasteiger partial charge in [0, 0.05) is 11.1 Å². The van der Waals surface area contributed by atoms with E-state index >= 15 is 0 Å². The first-order chi connectivity index (χ1) is 12.3. The maximum atomic E-state index is 5.85. The fraction of sp³-hybridized carbons (Fsp3) is 0.100. The van der Waals surface area contributed by atoms with E-state index in [0.29, 0.717) is 11.8 Å². The van der Waals surface area contributed by atoms with Crippen molar-refractivity contribution in [3.8, 4) is 34.4 Å². The Balaban J connectivity index is 1.70. The first-order valence-electron chi connectivity index (χ1n) is 7.83. The van der Waals surface area contributed by atoms with Crippen LogP contribution in [0.25, 0.3) is 33.7 Å². The molecule has 0 aliphatic rings. The lowest BCUT2D eigenvalue weighted by Gasteiger charge is -2.03. The van der Waals surface area contributed by atoms with Gasteiger partial charge in [-0.3, -0.25) is 0 Å². The van der Waals surface area contributed by atoms with Crippen LogP contribution in [-0.4, -0.2) is 24.4 Å². The number of hydrogen-bond donors (Lipinski definition) is 0. The highest BCUT2D eigenvalue weighted by Gasteiger charge is 2.11. The summed E-state index contributed by atoms with van der Waals surface area (Å²) < 4.78 is 16.3. The molecule has 0 saturated carbocycles. The summed E-state index contributed by atoms with van der Waals surface area (Å²) in [6.07, 6.45) is 0. The van der Waals surface area contributed by atoms with Gasteiger partial charge in [-0.15, -0.1) is 10.2 Å². The number of nitrogens with zero attached hydrogens (tertiary/aromatic N) is 2. The van der Waals surface area contributed by atoms with E-state index in [0.717, 1.165) is 33.4 Å². The summed E-state index contributed by atoms with van der Waals surface area (Å²) in [7, 11) is 3.29. The number of benzene rings is 3. The molecule has 0 bridgehead atoms. The lowest BCUT2D eigenvalue weighted by atomic mass is 10.1. The van der Waals surface area contributed by atoms with Gasteiger partial charge in [0.2, 0.25) is 11.8 Å². The molecule has 5 heteroatoms. The minimum Gasteiger partial charge on any atom is -0.497 e. The molecule has 0 aliphatic carbocycles. The van der Waals surface area contributed by atoms with Crippen molar-refractivity contribution in [1.29, 1.82) is 0 Å². The Morgan fingerprint density at radius 1 is 0.680 bits per heavy atom. The van der Waals surface area contributed by atoms with Crippen LogP contribution in [-0.2, 0) is 0 Å². The first kappa shape index (κ1) is 15.2. The highest BCUT2D eigenvalue weighted by atomic mass is 16.5. The number of hydrogen-bond acceptors (Lipinski definition) is 5. The number of fused-ring (bicyclic) bond motifs is 1. The molecule has 25 heavy (non-hydrogen) atoms. The lowest BCUT2D eigenvalue weighted by molar-refractivity contribution is 0.414. The van der Waals surface area contributed by atoms with Crippen LogP contribution in [0.2, 0.25) is 0 Å². The van der Waals surface area contributed by atoms with Gasteiger partial charge >= 0.3 is 0 Å². The number of aromatic nitrogens is 2. The average Bonchev–Trinajstić information content (AvgIpc) is 3.17. The number of methoxy groups -OCH3 is 2. The van der Waals surface area contributed by atoms with Gasteiger partial charge in [-0.25, -0.2) is 0 Å². The molecule has 0 spiro atoms. The van der Waals surface area contributed by atoms with Crippen LogP contribution in [0.15, 0.2) is 65.1 Å². The van der Waals surface area contributed by atoms with E-state index in [2.05, 4.69) is 10.2 Å². The Labute approximate surface area is 144 Å². The van der Waals surface area contributed by atoms with Crippen LogP contribution >= 0.6 is 0 Å². The summed E-state index contributed by atoms with van der Waals surface area (Å²) in [4.78, 5) is 0. The smallest absolute Gasteiger partial charge is 0.248 e. The van der Waals surface area contributed by atoms with Gasteiger partial charge in [0.25, 0.3) is 0 Å². The topological polar surface area (TPSA) is 57.4 Å². The summed E-state index contributed by atoms with van der Waals surface area (Å²) in [6, 6.07) is 19.5. The highest BCUT2D eigenvalue weighted by molar-refractivity contribution is 5.87. The molecular weight excluding hydrogens is 316 g/mol. The van der Waals surface area contributed by atoms with Crippen molar-refractivity contribution in [3.63, 3.8) is 0 Å². The van der Waals surface area contributed by atoms with Crippen LogP contribution in [0.3, 0.4) is 0 Å². The number of ether oxygens (including phenoxy) is 2. The molecule has 0 radical (unpaired) electrons. The third-order valence-electron chi connectivity index (χ3n) is 4.04. The first-order valence-corrected chi connectivity index (χ1v) is 7.83. The van der Waals surface area contributed by atoms with Crippen molar-refractivity contribution >= 4 is 10.8 Å². The molecular formula is C20H16N2O3. The second kappa shape index (κ2) is 6.28. The standard InChI is InChI=1S/C20H16N2O3/c1-23-17-5-3-4-15(12-17)19-21-22-20(25-19)16-7-6-14-11-18(24-2)9-8-13(14)10-16/h3-12H,1-2H3. The van der Waals surface area contributed by atoms with Crippen LogP contribution < -0.4 is 9.47 Å². The quantitative estimate of drug-likeness (QED) is 0.548. The summed E-state index contributed by atoms with van der Waals surface area (Å²) >= 11 is 0. The summed E-state index contributed by atoms with van der Waals surface area (Å²) in [6.45, 7) is 0. The Hall–Kier alpha value is -3.34. The van der Waals surface area contributed by atoms with E-state index in [1.807, 2.05) is 60.7 Å². The normalized spacial score (nSPS) is 10.8. The van der Waals surface area contributed by atoms with Crippen molar-refractivity contribution in [2.75, 3.05) is 14.2 Å². The van der Waals surface area contributed by atoms with E-state index in [-0.39, 0.29) is 0 Å². The maximum absolute atomic E-state index is 5.85. The van der Waals surface area contributed by atoms with Crippen molar-refractivity contribution in [3.05, 3.63) is 60.7 Å². The second-order valence-electron chi connectivity index (χ2n) is 5.57. The monoisotopic (exact) mass is 332 g/mol. The van der Waals surface area contributed by atoms with Gasteiger partial charge in [0.05, 0.1) is 14.2 Å². The SMILES string of the molecule is COc1cccc(-c2nnc(-c3ccc4cc(OC)ccc4c3)o2)c1. The molecule has 0 aliphatic heterocycles. The van der Waals surface area contributed by atoms with Crippen LogP contribution in [0.5, 0.6) is 11.5 Å². The van der Waals surface area contributed by atoms with Gasteiger partial charge in [-0.2, -0.15) is 0 Å². The molecule has 1 heterocycles. The molecule has 0 unspecified atom stereocenters. The zero-order chi connectivity index (χ0) is 17.2. The van der Waals surface area contributed by atoms with E-state index < -0.39 is 0 Å². The summed E-state index contributed by atoms with van der Waals surface area (Å²) in [5.41, 5.74) is 1.70. The molecule has 4 rings (SSSR count). The molecule has 3 aromatic carbocycles. The van der Waals surface area contributed by atoms with Gasteiger partial charge in [0.1, 0.15) is 11.5 Å². The largest absolute Gasteiger partial charge is 0.497 e. The zero-order valence-electron chi connectivity index (χ0n) is 13.9. The van der Waals surface area contributed by atoms with Gasteiger partial charge < -0.3 is 13.9 Å². The summed E-state index contributed by atoms with van der Waals surface area (Å²) in [5.74, 6) is 2.52. The molecule has 5 nitrogen and oxygen atoms in total. The van der Waals surface area contributed by atoms with Crippen molar-refractivity contribution in [2.24, 2.45) is 0 Å².